The highest BCUT2D eigenvalue weighted by atomic mass is 16.5. The zero-order valence-corrected chi connectivity index (χ0v) is 10.1. The molecule has 0 radical (unpaired) electrons. The summed E-state index contributed by atoms with van der Waals surface area (Å²) in [4.78, 5) is 4.32. The molecule has 0 spiro atoms. The molecule has 0 aliphatic heterocycles. The molecule has 0 saturated heterocycles. The first-order chi connectivity index (χ1) is 7.52. The Kier molecular flexibility index (Phi) is 2.99. The van der Waals surface area contributed by atoms with E-state index in [4.69, 9.17) is 15.0 Å². The predicted molar refractivity (Wildman–Crippen MR) is 58.7 cm³/mol. The summed E-state index contributed by atoms with van der Waals surface area (Å²) in [6.45, 7) is 3.97. The van der Waals surface area contributed by atoms with Crippen LogP contribution in [0.4, 0.5) is 0 Å². The van der Waals surface area contributed by atoms with E-state index in [2.05, 4.69) is 10.1 Å². The molecule has 5 nitrogen and oxygen atoms in total. The van der Waals surface area contributed by atoms with Crippen LogP contribution in [0.2, 0.25) is 0 Å². The van der Waals surface area contributed by atoms with Crippen molar-refractivity contribution >= 4 is 0 Å². The summed E-state index contributed by atoms with van der Waals surface area (Å²) in [5.41, 5.74) is 5.71. The fourth-order valence-corrected chi connectivity index (χ4v) is 1.58. The second-order valence-electron chi connectivity index (χ2n) is 5.05. The van der Waals surface area contributed by atoms with Crippen LogP contribution < -0.4 is 5.73 Å². The van der Waals surface area contributed by atoms with Crippen molar-refractivity contribution in [3.05, 3.63) is 11.7 Å². The van der Waals surface area contributed by atoms with Crippen LogP contribution in [0.1, 0.15) is 44.4 Å². The Morgan fingerprint density at radius 2 is 2.25 bits per heavy atom. The van der Waals surface area contributed by atoms with Gasteiger partial charge in [0.2, 0.25) is 5.89 Å². The van der Waals surface area contributed by atoms with Gasteiger partial charge in [0, 0.05) is 7.11 Å². The van der Waals surface area contributed by atoms with Gasteiger partial charge in [-0.2, -0.15) is 4.98 Å². The molecule has 0 aromatic carbocycles. The minimum absolute atomic E-state index is 0.0665. The Bertz CT molecular complexity index is 358. The molecule has 1 aromatic rings. The molecule has 2 rings (SSSR count). The minimum atomic E-state index is -0.284. The second kappa shape index (κ2) is 4.14. The largest absolute Gasteiger partial charge is 0.378 e. The molecule has 1 aromatic heterocycles. The van der Waals surface area contributed by atoms with Crippen LogP contribution in [0, 0.1) is 5.92 Å². The van der Waals surface area contributed by atoms with Gasteiger partial charge in [-0.1, -0.05) is 5.16 Å². The van der Waals surface area contributed by atoms with E-state index in [1.54, 1.807) is 7.11 Å². The van der Waals surface area contributed by atoms with Crippen LogP contribution in [0.25, 0.3) is 0 Å². The molecule has 0 bridgehead atoms. The topological polar surface area (TPSA) is 74.2 Å². The lowest BCUT2D eigenvalue weighted by Crippen LogP contribution is -2.25. The van der Waals surface area contributed by atoms with Gasteiger partial charge in [-0.3, -0.25) is 0 Å². The molecule has 1 saturated carbocycles. The quantitative estimate of drug-likeness (QED) is 0.820. The smallest absolute Gasteiger partial charge is 0.229 e. The molecular formula is C11H19N3O2. The van der Waals surface area contributed by atoms with Crippen molar-refractivity contribution in [3.8, 4) is 0 Å². The van der Waals surface area contributed by atoms with Gasteiger partial charge in [0.15, 0.2) is 5.82 Å². The van der Waals surface area contributed by atoms with E-state index in [0.717, 1.165) is 0 Å². The van der Waals surface area contributed by atoms with E-state index in [9.17, 15) is 0 Å². The average molecular weight is 225 g/mol. The second-order valence-corrected chi connectivity index (χ2v) is 5.05. The van der Waals surface area contributed by atoms with Crippen molar-refractivity contribution in [2.24, 2.45) is 11.7 Å². The van der Waals surface area contributed by atoms with Crippen LogP contribution in [0.5, 0.6) is 0 Å². The summed E-state index contributed by atoms with van der Waals surface area (Å²) in [6, 6.07) is -0.0665. The highest BCUT2D eigenvalue weighted by molar-refractivity contribution is 5.00. The van der Waals surface area contributed by atoms with Crippen molar-refractivity contribution in [3.63, 3.8) is 0 Å². The van der Waals surface area contributed by atoms with Crippen LogP contribution >= 0.6 is 0 Å². The number of aromatic nitrogens is 2. The highest BCUT2D eigenvalue weighted by Gasteiger charge is 2.33. The maximum Gasteiger partial charge on any atom is 0.229 e. The lowest BCUT2D eigenvalue weighted by atomic mass is 10.1. The Morgan fingerprint density at radius 1 is 1.56 bits per heavy atom. The molecule has 1 aliphatic carbocycles. The molecule has 1 fully saturated rings. The van der Waals surface area contributed by atoms with Crippen molar-refractivity contribution in [1.82, 2.24) is 10.1 Å². The number of nitrogens with two attached hydrogens (primary N) is 1. The summed E-state index contributed by atoms with van der Waals surface area (Å²) in [6.07, 6.45) is 2.96. The van der Waals surface area contributed by atoms with Crippen molar-refractivity contribution in [1.29, 1.82) is 0 Å². The highest BCUT2D eigenvalue weighted by Crippen LogP contribution is 2.38. The van der Waals surface area contributed by atoms with Crippen molar-refractivity contribution in [2.75, 3.05) is 7.11 Å². The van der Waals surface area contributed by atoms with E-state index in [-0.39, 0.29) is 11.6 Å². The fraction of sp³-hybridized carbons (Fsp3) is 0.818. The van der Waals surface area contributed by atoms with Gasteiger partial charge >= 0.3 is 0 Å². The standard InChI is InChI=1S/C11H19N3O2/c1-11(2,15-3)6-8-13-10(14-16-8)9(12)7-4-5-7/h7,9H,4-6,12H2,1-3H3. The maximum absolute atomic E-state index is 5.99. The first kappa shape index (κ1) is 11.5. The van der Waals surface area contributed by atoms with E-state index in [1.807, 2.05) is 13.8 Å². The lowest BCUT2D eigenvalue weighted by Gasteiger charge is -2.19. The molecule has 1 unspecified atom stereocenters. The molecule has 90 valence electrons. The lowest BCUT2D eigenvalue weighted by molar-refractivity contribution is 0.0170. The van der Waals surface area contributed by atoms with Gasteiger partial charge in [-0.25, -0.2) is 0 Å². The average Bonchev–Trinajstić information content (AvgIpc) is 2.99. The van der Waals surface area contributed by atoms with Gasteiger partial charge in [0.25, 0.3) is 0 Å². The summed E-state index contributed by atoms with van der Waals surface area (Å²) in [7, 11) is 1.67. The molecule has 16 heavy (non-hydrogen) atoms. The normalized spacial score (nSPS) is 18.8. The van der Waals surface area contributed by atoms with Gasteiger partial charge in [-0.15, -0.1) is 0 Å². The summed E-state index contributed by atoms with van der Waals surface area (Å²) < 4.78 is 10.5. The number of hydrogen-bond donors (Lipinski definition) is 1. The van der Waals surface area contributed by atoms with Gasteiger partial charge < -0.3 is 15.0 Å². The first-order valence-corrected chi connectivity index (χ1v) is 5.65. The molecule has 1 aliphatic rings. The van der Waals surface area contributed by atoms with E-state index in [1.165, 1.54) is 12.8 Å². The third-order valence-electron chi connectivity index (χ3n) is 3.04. The van der Waals surface area contributed by atoms with E-state index >= 15 is 0 Å². The Morgan fingerprint density at radius 3 is 2.81 bits per heavy atom. The Hall–Kier alpha value is -0.940. The molecule has 0 amide bonds. The predicted octanol–water partition coefficient (Wildman–Crippen LogP) is 1.45. The summed E-state index contributed by atoms with van der Waals surface area (Å²) in [5.74, 6) is 1.77. The van der Waals surface area contributed by atoms with Crippen molar-refractivity contribution in [2.45, 2.75) is 44.8 Å². The van der Waals surface area contributed by atoms with E-state index < -0.39 is 0 Å². The van der Waals surface area contributed by atoms with Crippen molar-refractivity contribution < 1.29 is 9.26 Å². The van der Waals surface area contributed by atoms with Gasteiger partial charge in [0.05, 0.1) is 18.1 Å². The molecule has 5 heteroatoms. The van der Waals surface area contributed by atoms with Crippen LogP contribution in [-0.4, -0.2) is 22.9 Å². The van der Waals surface area contributed by atoms with Gasteiger partial charge in [0.1, 0.15) is 0 Å². The molecule has 1 atom stereocenters. The van der Waals surface area contributed by atoms with Crippen LogP contribution in [-0.2, 0) is 11.2 Å². The number of rotatable bonds is 5. The number of ether oxygens (including phenoxy) is 1. The van der Waals surface area contributed by atoms with E-state index in [0.29, 0.717) is 24.1 Å². The number of nitrogens with zero attached hydrogens (tertiary/aromatic N) is 2. The Balaban J connectivity index is 2.01. The van der Waals surface area contributed by atoms with Gasteiger partial charge in [-0.05, 0) is 32.6 Å². The minimum Gasteiger partial charge on any atom is -0.378 e. The SMILES string of the molecule is COC(C)(C)Cc1nc(C(N)C2CC2)no1. The number of methoxy groups -OCH3 is 1. The summed E-state index contributed by atoms with van der Waals surface area (Å²) in [5, 5.41) is 3.93. The zero-order chi connectivity index (χ0) is 11.8. The first-order valence-electron chi connectivity index (χ1n) is 5.65. The fourth-order valence-electron chi connectivity index (χ4n) is 1.58. The molecule has 1 heterocycles. The third kappa shape index (κ3) is 2.59. The number of hydrogen-bond acceptors (Lipinski definition) is 5. The zero-order valence-electron chi connectivity index (χ0n) is 10.1. The summed E-state index contributed by atoms with van der Waals surface area (Å²) >= 11 is 0. The maximum atomic E-state index is 5.99. The van der Waals surface area contributed by atoms with Crippen LogP contribution in [0.15, 0.2) is 4.52 Å². The van der Waals surface area contributed by atoms with Crippen LogP contribution in [0.3, 0.4) is 0 Å². The molecular weight excluding hydrogens is 206 g/mol. The Labute approximate surface area is 95.3 Å². The molecule has 2 N–H and O–H groups in total. The third-order valence-corrected chi connectivity index (χ3v) is 3.04. The monoisotopic (exact) mass is 225 g/mol.